The number of carboxylic acids is 1. The minimum absolute atomic E-state index is 0.136. The molecule has 110 valence electrons. The van der Waals surface area contributed by atoms with E-state index in [-0.39, 0.29) is 11.3 Å². The van der Waals surface area contributed by atoms with E-state index in [1.807, 2.05) is 0 Å². The summed E-state index contributed by atoms with van der Waals surface area (Å²) in [6.45, 7) is 1.88. The molecule has 0 bridgehead atoms. The second kappa shape index (κ2) is 6.08. The van der Waals surface area contributed by atoms with Crippen LogP contribution < -0.4 is 5.32 Å². The van der Waals surface area contributed by atoms with Crippen LogP contribution in [0.3, 0.4) is 0 Å². The average molecular weight is 290 g/mol. The monoisotopic (exact) mass is 290 g/mol. The van der Waals surface area contributed by atoms with Crippen LogP contribution in [0.4, 0.5) is 5.69 Å². The van der Waals surface area contributed by atoms with Crippen molar-refractivity contribution in [1.29, 1.82) is 0 Å². The molecule has 0 spiro atoms. The summed E-state index contributed by atoms with van der Waals surface area (Å²) in [6.07, 6.45) is 1.48. The van der Waals surface area contributed by atoms with Crippen molar-refractivity contribution in [2.75, 3.05) is 12.4 Å². The predicted octanol–water partition coefficient (Wildman–Crippen LogP) is 2.08. The van der Waals surface area contributed by atoms with Gasteiger partial charge in [-0.25, -0.2) is 14.6 Å². The van der Waals surface area contributed by atoms with Crippen molar-refractivity contribution in [2.45, 2.75) is 13.5 Å². The summed E-state index contributed by atoms with van der Waals surface area (Å²) < 4.78 is 9.93. The van der Waals surface area contributed by atoms with Gasteiger partial charge in [0.05, 0.1) is 13.7 Å². The van der Waals surface area contributed by atoms with Gasteiger partial charge in [0.15, 0.2) is 0 Å². The highest BCUT2D eigenvalue weighted by Gasteiger charge is 2.13. The van der Waals surface area contributed by atoms with E-state index in [1.165, 1.54) is 19.4 Å². The number of nitrogens with zero attached hydrogens (tertiary/aromatic N) is 1. The van der Waals surface area contributed by atoms with Gasteiger partial charge < -0.3 is 19.6 Å². The second-order valence-corrected chi connectivity index (χ2v) is 4.26. The van der Waals surface area contributed by atoms with Gasteiger partial charge in [-0.2, -0.15) is 0 Å². The molecule has 7 nitrogen and oxygen atoms in total. The van der Waals surface area contributed by atoms with E-state index < -0.39 is 11.9 Å². The molecule has 0 saturated heterocycles. The first-order chi connectivity index (χ1) is 10.0. The van der Waals surface area contributed by atoms with Crippen LogP contribution in [0.5, 0.6) is 0 Å². The first kappa shape index (κ1) is 14.6. The van der Waals surface area contributed by atoms with E-state index in [1.54, 1.807) is 19.1 Å². The van der Waals surface area contributed by atoms with Gasteiger partial charge in [-0.1, -0.05) is 0 Å². The molecule has 0 atom stereocenters. The van der Waals surface area contributed by atoms with Crippen LogP contribution in [0.2, 0.25) is 0 Å². The number of furan rings is 1. The molecule has 0 unspecified atom stereocenters. The van der Waals surface area contributed by atoms with Crippen molar-refractivity contribution < 1.29 is 23.8 Å². The Kier molecular flexibility index (Phi) is 4.22. The lowest BCUT2D eigenvalue weighted by Gasteiger charge is -2.05. The molecular formula is C14H14N2O5. The summed E-state index contributed by atoms with van der Waals surface area (Å²) in [4.78, 5) is 26.2. The molecule has 0 aliphatic heterocycles. The number of hydrogen-bond donors (Lipinski definition) is 2. The Morgan fingerprint density at radius 1 is 1.43 bits per heavy atom. The lowest BCUT2D eigenvalue weighted by molar-refractivity contribution is 0.0593. The lowest BCUT2D eigenvalue weighted by atomic mass is 10.2. The lowest BCUT2D eigenvalue weighted by Crippen LogP contribution is -2.06. The van der Waals surface area contributed by atoms with E-state index in [0.29, 0.717) is 23.8 Å². The Morgan fingerprint density at radius 2 is 2.19 bits per heavy atom. The standard InChI is InChI=1S/C14H14N2O5/c1-8-11(13(17)18)6-10(21-8)7-16-9-3-4-15-12(5-9)14(19)20-2/h3-6H,7H2,1-2H3,(H,15,16)(H,17,18). The number of hydrogen-bond acceptors (Lipinski definition) is 6. The largest absolute Gasteiger partial charge is 0.478 e. The smallest absolute Gasteiger partial charge is 0.356 e. The van der Waals surface area contributed by atoms with Crippen LogP contribution in [0.25, 0.3) is 0 Å². The van der Waals surface area contributed by atoms with Gasteiger partial charge in [-0.3, -0.25) is 0 Å². The number of carbonyl (C=O) groups is 2. The molecule has 0 amide bonds. The summed E-state index contributed by atoms with van der Waals surface area (Å²) >= 11 is 0. The molecule has 0 fully saturated rings. The summed E-state index contributed by atoms with van der Waals surface area (Å²) in [6, 6.07) is 4.69. The molecule has 2 heterocycles. The molecular weight excluding hydrogens is 276 g/mol. The van der Waals surface area contributed by atoms with Crippen molar-refractivity contribution >= 4 is 17.6 Å². The van der Waals surface area contributed by atoms with Crippen LogP contribution in [0.1, 0.15) is 32.4 Å². The highest BCUT2D eigenvalue weighted by Crippen LogP contribution is 2.16. The van der Waals surface area contributed by atoms with Gasteiger partial charge in [0, 0.05) is 11.9 Å². The third-order valence-corrected chi connectivity index (χ3v) is 2.82. The van der Waals surface area contributed by atoms with Crippen molar-refractivity contribution in [2.24, 2.45) is 0 Å². The van der Waals surface area contributed by atoms with Crippen LogP contribution in [0.15, 0.2) is 28.8 Å². The summed E-state index contributed by atoms with van der Waals surface area (Å²) in [7, 11) is 1.28. The number of esters is 1. The topological polar surface area (TPSA) is 102 Å². The molecule has 0 aliphatic carbocycles. The number of nitrogens with one attached hydrogen (secondary N) is 1. The molecule has 21 heavy (non-hydrogen) atoms. The van der Waals surface area contributed by atoms with Crippen molar-refractivity contribution in [3.8, 4) is 0 Å². The zero-order chi connectivity index (χ0) is 15.4. The maximum atomic E-state index is 11.4. The second-order valence-electron chi connectivity index (χ2n) is 4.26. The highest BCUT2D eigenvalue weighted by atomic mass is 16.5. The minimum Gasteiger partial charge on any atom is -0.478 e. The van der Waals surface area contributed by atoms with E-state index in [9.17, 15) is 9.59 Å². The fourth-order valence-corrected chi connectivity index (χ4v) is 1.79. The van der Waals surface area contributed by atoms with Crippen LogP contribution in [0, 0.1) is 6.92 Å². The number of ether oxygens (including phenoxy) is 1. The number of pyridine rings is 1. The number of aryl methyl sites for hydroxylation is 1. The first-order valence-electron chi connectivity index (χ1n) is 6.12. The van der Waals surface area contributed by atoms with Gasteiger partial charge in [0.25, 0.3) is 0 Å². The summed E-state index contributed by atoms with van der Waals surface area (Å²) in [5.74, 6) is -0.717. The predicted molar refractivity (Wildman–Crippen MR) is 73.3 cm³/mol. The Labute approximate surface area is 120 Å². The van der Waals surface area contributed by atoms with Gasteiger partial charge in [-0.15, -0.1) is 0 Å². The Balaban J connectivity index is 2.08. The van der Waals surface area contributed by atoms with Gasteiger partial charge in [-0.05, 0) is 25.1 Å². The first-order valence-corrected chi connectivity index (χ1v) is 6.12. The zero-order valence-electron chi connectivity index (χ0n) is 11.5. The van der Waals surface area contributed by atoms with Gasteiger partial charge in [0.2, 0.25) is 0 Å². The molecule has 2 rings (SSSR count). The normalized spacial score (nSPS) is 10.2. The molecule has 0 radical (unpaired) electrons. The maximum Gasteiger partial charge on any atom is 0.356 e. The zero-order valence-corrected chi connectivity index (χ0v) is 11.5. The van der Waals surface area contributed by atoms with Crippen molar-refractivity contribution in [1.82, 2.24) is 4.98 Å². The Bertz CT molecular complexity index is 678. The SMILES string of the molecule is COC(=O)c1cc(NCc2cc(C(=O)O)c(C)o2)ccn1. The van der Waals surface area contributed by atoms with Crippen LogP contribution >= 0.6 is 0 Å². The number of anilines is 1. The Morgan fingerprint density at radius 3 is 2.81 bits per heavy atom. The van der Waals surface area contributed by atoms with E-state index >= 15 is 0 Å². The van der Waals surface area contributed by atoms with E-state index in [0.717, 1.165) is 0 Å². The third-order valence-electron chi connectivity index (χ3n) is 2.82. The maximum absolute atomic E-state index is 11.4. The highest BCUT2D eigenvalue weighted by molar-refractivity contribution is 5.89. The average Bonchev–Trinajstić information content (AvgIpc) is 2.86. The molecule has 0 saturated carbocycles. The molecule has 7 heteroatoms. The van der Waals surface area contributed by atoms with Crippen molar-refractivity contribution in [3.05, 3.63) is 47.2 Å². The number of rotatable bonds is 5. The van der Waals surface area contributed by atoms with E-state index in [4.69, 9.17) is 9.52 Å². The van der Waals surface area contributed by atoms with Crippen molar-refractivity contribution in [3.63, 3.8) is 0 Å². The number of carboxylic acid groups (broad SMARTS) is 1. The fourth-order valence-electron chi connectivity index (χ4n) is 1.79. The molecule has 0 aliphatic rings. The number of aromatic nitrogens is 1. The van der Waals surface area contributed by atoms with Gasteiger partial charge >= 0.3 is 11.9 Å². The molecule has 2 N–H and O–H groups in total. The molecule has 0 aromatic carbocycles. The number of carbonyl (C=O) groups excluding carboxylic acids is 1. The quantitative estimate of drug-likeness (QED) is 0.813. The summed E-state index contributed by atoms with van der Waals surface area (Å²) in [5, 5.41) is 12.0. The Hall–Kier alpha value is -2.83. The fraction of sp³-hybridized carbons (Fsp3) is 0.214. The van der Waals surface area contributed by atoms with E-state index in [2.05, 4.69) is 15.0 Å². The third kappa shape index (κ3) is 3.38. The molecule has 2 aromatic rings. The van der Waals surface area contributed by atoms with Crippen LogP contribution in [-0.2, 0) is 11.3 Å². The minimum atomic E-state index is -1.03. The number of aromatic carboxylic acids is 1. The molecule has 2 aromatic heterocycles. The summed E-state index contributed by atoms with van der Waals surface area (Å²) in [5.41, 5.74) is 0.970. The van der Waals surface area contributed by atoms with Crippen LogP contribution in [-0.4, -0.2) is 29.1 Å². The van der Waals surface area contributed by atoms with Gasteiger partial charge in [0.1, 0.15) is 22.8 Å². The number of methoxy groups -OCH3 is 1.